The fourth-order valence-corrected chi connectivity index (χ4v) is 2.39. The van der Waals surface area contributed by atoms with Gasteiger partial charge in [0, 0.05) is 0 Å². The molecule has 1 aliphatic carbocycles. The fraction of sp³-hybridized carbons (Fsp3) is 0.455. The SMILES string of the molecule is COc1ccc(C2CC2CN)cc1Br. The van der Waals surface area contributed by atoms with Gasteiger partial charge in [0.2, 0.25) is 0 Å². The molecule has 2 rings (SSSR count). The molecule has 76 valence electrons. The van der Waals surface area contributed by atoms with Crippen molar-refractivity contribution in [1.29, 1.82) is 0 Å². The number of benzene rings is 1. The van der Waals surface area contributed by atoms with E-state index >= 15 is 0 Å². The summed E-state index contributed by atoms with van der Waals surface area (Å²) in [7, 11) is 1.68. The highest BCUT2D eigenvalue weighted by molar-refractivity contribution is 9.10. The highest BCUT2D eigenvalue weighted by atomic mass is 79.9. The van der Waals surface area contributed by atoms with Gasteiger partial charge >= 0.3 is 0 Å². The molecule has 0 amide bonds. The van der Waals surface area contributed by atoms with Crippen molar-refractivity contribution in [3.8, 4) is 5.75 Å². The Morgan fingerprint density at radius 1 is 1.57 bits per heavy atom. The van der Waals surface area contributed by atoms with Crippen LogP contribution < -0.4 is 10.5 Å². The molecule has 1 aliphatic rings. The molecule has 0 heterocycles. The van der Waals surface area contributed by atoms with Gasteiger partial charge in [0.1, 0.15) is 5.75 Å². The number of nitrogens with two attached hydrogens (primary N) is 1. The molecule has 0 spiro atoms. The summed E-state index contributed by atoms with van der Waals surface area (Å²) in [6.45, 7) is 0.800. The lowest BCUT2D eigenvalue weighted by molar-refractivity contribution is 0.412. The maximum Gasteiger partial charge on any atom is 0.133 e. The highest BCUT2D eigenvalue weighted by Gasteiger charge is 2.36. The van der Waals surface area contributed by atoms with Crippen LogP contribution in [0, 0.1) is 5.92 Å². The Morgan fingerprint density at radius 2 is 2.36 bits per heavy atom. The number of methoxy groups -OCH3 is 1. The minimum atomic E-state index is 0.669. The third-order valence-electron chi connectivity index (χ3n) is 2.83. The maximum atomic E-state index is 5.62. The summed E-state index contributed by atoms with van der Waals surface area (Å²) >= 11 is 3.49. The van der Waals surface area contributed by atoms with Crippen LogP contribution >= 0.6 is 15.9 Å². The maximum absolute atomic E-state index is 5.62. The summed E-state index contributed by atoms with van der Waals surface area (Å²) < 4.78 is 6.21. The molecule has 1 aromatic carbocycles. The molecule has 2 nitrogen and oxygen atoms in total. The topological polar surface area (TPSA) is 35.2 Å². The van der Waals surface area contributed by atoms with Crippen LogP contribution in [0.3, 0.4) is 0 Å². The van der Waals surface area contributed by atoms with Gasteiger partial charge in [0.05, 0.1) is 11.6 Å². The standard InChI is InChI=1S/C11H14BrNO/c1-14-11-3-2-7(5-10(11)12)9-4-8(9)6-13/h2-3,5,8-9H,4,6,13H2,1H3. The summed E-state index contributed by atoms with van der Waals surface area (Å²) in [5.74, 6) is 2.25. The summed E-state index contributed by atoms with van der Waals surface area (Å²) in [6.07, 6.45) is 1.23. The zero-order chi connectivity index (χ0) is 10.1. The lowest BCUT2D eigenvalue weighted by atomic mass is 10.1. The largest absolute Gasteiger partial charge is 0.496 e. The van der Waals surface area contributed by atoms with Crippen molar-refractivity contribution in [2.24, 2.45) is 11.7 Å². The molecule has 3 heteroatoms. The van der Waals surface area contributed by atoms with Crippen LogP contribution in [0.4, 0.5) is 0 Å². The van der Waals surface area contributed by atoms with E-state index in [4.69, 9.17) is 10.5 Å². The smallest absolute Gasteiger partial charge is 0.133 e. The second kappa shape index (κ2) is 3.91. The molecule has 1 aromatic rings. The van der Waals surface area contributed by atoms with Gasteiger partial charge in [-0.15, -0.1) is 0 Å². The van der Waals surface area contributed by atoms with Crippen LogP contribution in [0.1, 0.15) is 17.9 Å². The van der Waals surface area contributed by atoms with Gasteiger partial charge in [-0.2, -0.15) is 0 Å². The van der Waals surface area contributed by atoms with Crippen molar-refractivity contribution in [3.05, 3.63) is 28.2 Å². The van der Waals surface area contributed by atoms with E-state index in [1.807, 2.05) is 6.07 Å². The van der Waals surface area contributed by atoms with Crippen LogP contribution in [0.15, 0.2) is 22.7 Å². The number of hydrogen-bond acceptors (Lipinski definition) is 2. The Morgan fingerprint density at radius 3 is 2.86 bits per heavy atom. The first-order valence-electron chi connectivity index (χ1n) is 4.79. The molecule has 2 unspecified atom stereocenters. The molecule has 2 N–H and O–H groups in total. The van der Waals surface area contributed by atoms with E-state index in [2.05, 4.69) is 28.1 Å². The predicted molar refractivity (Wildman–Crippen MR) is 60.6 cm³/mol. The zero-order valence-electron chi connectivity index (χ0n) is 8.16. The first-order valence-corrected chi connectivity index (χ1v) is 5.59. The van der Waals surface area contributed by atoms with Gasteiger partial charge in [-0.1, -0.05) is 6.07 Å². The minimum Gasteiger partial charge on any atom is -0.496 e. The van der Waals surface area contributed by atoms with Gasteiger partial charge < -0.3 is 10.5 Å². The Balaban J connectivity index is 2.17. The summed E-state index contributed by atoms with van der Waals surface area (Å²) in [5, 5.41) is 0. The Labute approximate surface area is 92.6 Å². The van der Waals surface area contributed by atoms with Crippen LogP contribution in [0.5, 0.6) is 5.75 Å². The third kappa shape index (κ3) is 1.79. The monoisotopic (exact) mass is 255 g/mol. The summed E-state index contributed by atoms with van der Waals surface area (Å²) in [6, 6.07) is 6.27. The average Bonchev–Trinajstić information content (AvgIpc) is 2.96. The summed E-state index contributed by atoms with van der Waals surface area (Å²) in [4.78, 5) is 0. The minimum absolute atomic E-state index is 0.669. The van der Waals surface area contributed by atoms with E-state index in [0.29, 0.717) is 11.8 Å². The molecule has 0 aliphatic heterocycles. The van der Waals surface area contributed by atoms with E-state index in [1.165, 1.54) is 12.0 Å². The number of rotatable bonds is 3. The van der Waals surface area contributed by atoms with E-state index < -0.39 is 0 Å². The first kappa shape index (κ1) is 9.99. The van der Waals surface area contributed by atoms with Gasteiger partial charge in [-0.3, -0.25) is 0 Å². The predicted octanol–water partition coefficient (Wildman–Crippen LogP) is 2.52. The Hall–Kier alpha value is -0.540. The molecule has 0 aromatic heterocycles. The number of hydrogen-bond donors (Lipinski definition) is 1. The zero-order valence-corrected chi connectivity index (χ0v) is 9.75. The van der Waals surface area contributed by atoms with Gasteiger partial charge in [0.25, 0.3) is 0 Å². The van der Waals surface area contributed by atoms with Crippen LogP contribution in [0.2, 0.25) is 0 Å². The summed E-state index contributed by atoms with van der Waals surface area (Å²) in [5.41, 5.74) is 6.99. The molecular formula is C11H14BrNO. The molecule has 0 saturated heterocycles. The van der Waals surface area contributed by atoms with Gasteiger partial charge in [-0.25, -0.2) is 0 Å². The van der Waals surface area contributed by atoms with Crippen molar-refractivity contribution >= 4 is 15.9 Å². The van der Waals surface area contributed by atoms with Crippen molar-refractivity contribution in [1.82, 2.24) is 0 Å². The second-order valence-corrected chi connectivity index (χ2v) is 4.59. The fourth-order valence-electron chi connectivity index (χ4n) is 1.83. The quantitative estimate of drug-likeness (QED) is 0.901. The van der Waals surface area contributed by atoms with E-state index in [9.17, 15) is 0 Å². The van der Waals surface area contributed by atoms with Crippen molar-refractivity contribution in [2.45, 2.75) is 12.3 Å². The number of halogens is 1. The van der Waals surface area contributed by atoms with E-state index in [0.717, 1.165) is 16.8 Å². The molecule has 1 saturated carbocycles. The molecule has 1 fully saturated rings. The molecule has 14 heavy (non-hydrogen) atoms. The Bertz CT molecular complexity index is 340. The van der Waals surface area contributed by atoms with Crippen LogP contribution in [-0.4, -0.2) is 13.7 Å². The second-order valence-electron chi connectivity index (χ2n) is 3.73. The molecule has 0 bridgehead atoms. The normalized spacial score (nSPS) is 24.8. The van der Waals surface area contributed by atoms with Crippen molar-refractivity contribution < 1.29 is 4.74 Å². The lowest BCUT2D eigenvalue weighted by Crippen LogP contribution is -2.01. The average molecular weight is 256 g/mol. The Kier molecular flexibility index (Phi) is 2.79. The number of ether oxygens (including phenoxy) is 1. The van der Waals surface area contributed by atoms with Gasteiger partial charge in [-0.05, 0) is 58.4 Å². The molecule has 0 radical (unpaired) electrons. The van der Waals surface area contributed by atoms with Crippen molar-refractivity contribution in [3.63, 3.8) is 0 Å². The van der Waals surface area contributed by atoms with Crippen LogP contribution in [-0.2, 0) is 0 Å². The lowest BCUT2D eigenvalue weighted by Gasteiger charge is -2.05. The van der Waals surface area contributed by atoms with E-state index in [-0.39, 0.29) is 0 Å². The van der Waals surface area contributed by atoms with Crippen LogP contribution in [0.25, 0.3) is 0 Å². The van der Waals surface area contributed by atoms with E-state index in [1.54, 1.807) is 7.11 Å². The third-order valence-corrected chi connectivity index (χ3v) is 3.45. The first-order chi connectivity index (χ1) is 6.76. The van der Waals surface area contributed by atoms with Gasteiger partial charge in [0.15, 0.2) is 0 Å². The molecule has 2 atom stereocenters. The molecular weight excluding hydrogens is 242 g/mol. The highest BCUT2D eigenvalue weighted by Crippen LogP contribution is 2.47. The van der Waals surface area contributed by atoms with Crippen molar-refractivity contribution in [2.75, 3.05) is 13.7 Å².